The van der Waals surface area contributed by atoms with Gasteiger partial charge >= 0.3 is 0 Å². The van der Waals surface area contributed by atoms with Crippen LogP contribution >= 0.6 is 0 Å². The van der Waals surface area contributed by atoms with Gasteiger partial charge in [-0.3, -0.25) is 0 Å². The van der Waals surface area contributed by atoms with Crippen molar-refractivity contribution in [2.45, 2.75) is 46.5 Å². The van der Waals surface area contributed by atoms with E-state index in [2.05, 4.69) is 32.0 Å². The Morgan fingerprint density at radius 3 is 2.31 bits per heavy atom. The van der Waals surface area contributed by atoms with Crippen LogP contribution in [-0.2, 0) is 4.74 Å². The minimum Gasteiger partial charge on any atom is -0.381 e. The lowest BCUT2D eigenvalue weighted by Crippen LogP contribution is -2.15. The van der Waals surface area contributed by atoms with E-state index in [4.69, 9.17) is 4.74 Å². The lowest BCUT2D eigenvalue weighted by atomic mass is 9.87. The van der Waals surface area contributed by atoms with Gasteiger partial charge in [0.1, 0.15) is 0 Å². The molecule has 1 aromatic rings. The van der Waals surface area contributed by atoms with Gasteiger partial charge in [0, 0.05) is 13.2 Å². The van der Waals surface area contributed by atoms with Crippen molar-refractivity contribution in [2.75, 3.05) is 13.2 Å². The molecule has 0 atom stereocenters. The minimum absolute atomic E-state index is 0.726. The summed E-state index contributed by atoms with van der Waals surface area (Å²) in [5, 5.41) is 0. The average Bonchev–Trinajstić information content (AvgIpc) is 2.36. The molecule has 0 radical (unpaired) electrons. The molecule has 0 bridgehead atoms. The SMILES string of the molecule is CC.Cc1cccc(C2CCOCC2)c1C. The average molecular weight is 220 g/mol. The van der Waals surface area contributed by atoms with E-state index >= 15 is 0 Å². The van der Waals surface area contributed by atoms with E-state index in [0.29, 0.717) is 0 Å². The molecule has 0 N–H and O–H groups in total. The molecule has 2 rings (SSSR count). The van der Waals surface area contributed by atoms with E-state index < -0.39 is 0 Å². The summed E-state index contributed by atoms with van der Waals surface area (Å²) in [7, 11) is 0. The van der Waals surface area contributed by atoms with Crippen LogP contribution in [0.25, 0.3) is 0 Å². The van der Waals surface area contributed by atoms with Crippen molar-refractivity contribution in [1.82, 2.24) is 0 Å². The Morgan fingerprint density at radius 1 is 1.06 bits per heavy atom. The zero-order valence-electron chi connectivity index (χ0n) is 11.0. The number of benzene rings is 1. The van der Waals surface area contributed by atoms with Gasteiger partial charge in [0.2, 0.25) is 0 Å². The van der Waals surface area contributed by atoms with Crippen LogP contribution in [0.2, 0.25) is 0 Å². The van der Waals surface area contributed by atoms with E-state index in [1.807, 2.05) is 13.8 Å². The number of hydrogen-bond donors (Lipinski definition) is 0. The summed E-state index contributed by atoms with van der Waals surface area (Å²) >= 11 is 0. The van der Waals surface area contributed by atoms with Crippen LogP contribution < -0.4 is 0 Å². The predicted octanol–water partition coefficient (Wildman–Crippen LogP) is 4.22. The Morgan fingerprint density at radius 2 is 1.69 bits per heavy atom. The Bertz CT molecular complexity index is 311. The lowest BCUT2D eigenvalue weighted by Gasteiger charge is -2.24. The van der Waals surface area contributed by atoms with Crippen molar-refractivity contribution in [3.63, 3.8) is 0 Å². The van der Waals surface area contributed by atoms with Gasteiger partial charge in [0.15, 0.2) is 0 Å². The molecular weight excluding hydrogens is 196 g/mol. The molecule has 1 heterocycles. The molecule has 0 amide bonds. The van der Waals surface area contributed by atoms with Gasteiger partial charge in [-0.05, 0) is 49.3 Å². The molecule has 16 heavy (non-hydrogen) atoms. The van der Waals surface area contributed by atoms with Crippen LogP contribution in [0.4, 0.5) is 0 Å². The molecule has 0 aliphatic carbocycles. The Balaban J connectivity index is 0.000000606. The van der Waals surface area contributed by atoms with Crippen LogP contribution in [0.15, 0.2) is 18.2 Å². The third-order valence-electron chi connectivity index (χ3n) is 3.31. The third-order valence-corrected chi connectivity index (χ3v) is 3.31. The van der Waals surface area contributed by atoms with Gasteiger partial charge in [0.25, 0.3) is 0 Å². The highest BCUT2D eigenvalue weighted by molar-refractivity contribution is 5.35. The molecule has 1 fully saturated rings. The van der Waals surface area contributed by atoms with Crippen molar-refractivity contribution in [3.05, 3.63) is 34.9 Å². The van der Waals surface area contributed by atoms with Crippen molar-refractivity contribution in [3.8, 4) is 0 Å². The van der Waals surface area contributed by atoms with Crippen LogP contribution in [-0.4, -0.2) is 13.2 Å². The number of rotatable bonds is 1. The van der Waals surface area contributed by atoms with Crippen LogP contribution in [0.1, 0.15) is 49.3 Å². The molecule has 1 nitrogen and oxygen atoms in total. The molecule has 1 aromatic carbocycles. The normalized spacial score (nSPS) is 16.5. The molecule has 0 unspecified atom stereocenters. The van der Waals surface area contributed by atoms with Crippen LogP contribution in [0, 0.1) is 13.8 Å². The zero-order valence-corrected chi connectivity index (χ0v) is 11.0. The maximum absolute atomic E-state index is 5.39. The van der Waals surface area contributed by atoms with Crippen LogP contribution in [0.5, 0.6) is 0 Å². The first-order chi connectivity index (χ1) is 7.79. The summed E-state index contributed by atoms with van der Waals surface area (Å²) in [5.74, 6) is 0.726. The Hall–Kier alpha value is -0.820. The second-order valence-electron chi connectivity index (χ2n) is 4.18. The van der Waals surface area contributed by atoms with Crippen molar-refractivity contribution in [2.24, 2.45) is 0 Å². The smallest absolute Gasteiger partial charge is 0.0471 e. The molecule has 0 aromatic heterocycles. The summed E-state index contributed by atoms with van der Waals surface area (Å²) in [4.78, 5) is 0. The standard InChI is InChI=1S/C13H18O.C2H6/c1-10-4-3-5-13(11(10)2)12-6-8-14-9-7-12;1-2/h3-5,12H,6-9H2,1-2H3;1-2H3. The van der Waals surface area contributed by atoms with E-state index in [-0.39, 0.29) is 0 Å². The van der Waals surface area contributed by atoms with Crippen molar-refractivity contribution < 1.29 is 4.74 Å². The molecule has 0 spiro atoms. The van der Waals surface area contributed by atoms with E-state index in [1.165, 1.54) is 29.5 Å². The number of aryl methyl sites for hydroxylation is 1. The van der Waals surface area contributed by atoms with E-state index in [1.54, 1.807) is 0 Å². The van der Waals surface area contributed by atoms with Crippen LogP contribution in [0.3, 0.4) is 0 Å². The monoisotopic (exact) mass is 220 g/mol. The topological polar surface area (TPSA) is 9.23 Å². The summed E-state index contributed by atoms with van der Waals surface area (Å²) in [6.45, 7) is 10.3. The Kier molecular flexibility index (Phi) is 5.54. The predicted molar refractivity (Wildman–Crippen MR) is 70.1 cm³/mol. The van der Waals surface area contributed by atoms with Crippen molar-refractivity contribution in [1.29, 1.82) is 0 Å². The fourth-order valence-corrected chi connectivity index (χ4v) is 2.22. The van der Waals surface area contributed by atoms with E-state index in [0.717, 1.165) is 19.1 Å². The van der Waals surface area contributed by atoms with Gasteiger partial charge in [-0.2, -0.15) is 0 Å². The second-order valence-corrected chi connectivity index (χ2v) is 4.18. The maximum Gasteiger partial charge on any atom is 0.0471 e. The van der Waals surface area contributed by atoms with E-state index in [9.17, 15) is 0 Å². The van der Waals surface area contributed by atoms with Gasteiger partial charge in [-0.1, -0.05) is 32.0 Å². The van der Waals surface area contributed by atoms with Crippen molar-refractivity contribution >= 4 is 0 Å². The fraction of sp³-hybridized carbons (Fsp3) is 0.600. The molecule has 90 valence electrons. The third kappa shape index (κ3) is 3.08. The molecule has 1 aliphatic rings. The molecule has 1 heteroatoms. The summed E-state index contributed by atoms with van der Waals surface area (Å²) in [5.41, 5.74) is 4.42. The number of ether oxygens (including phenoxy) is 1. The first kappa shape index (κ1) is 13.2. The first-order valence-corrected chi connectivity index (χ1v) is 6.43. The number of hydrogen-bond acceptors (Lipinski definition) is 1. The second kappa shape index (κ2) is 6.70. The summed E-state index contributed by atoms with van der Waals surface area (Å²) < 4.78 is 5.39. The molecule has 1 aliphatic heterocycles. The zero-order chi connectivity index (χ0) is 12.0. The molecule has 1 saturated heterocycles. The summed E-state index contributed by atoms with van der Waals surface area (Å²) in [6.07, 6.45) is 2.37. The van der Waals surface area contributed by atoms with Gasteiger partial charge in [0.05, 0.1) is 0 Å². The highest BCUT2D eigenvalue weighted by Crippen LogP contribution is 2.30. The highest BCUT2D eigenvalue weighted by atomic mass is 16.5. The highest BCUT2D eigenvalue weighted by Gasteiger charge is 2.17. The lowest BCUT2D eigenvalue weighted by molar-refractivity contribution is 0.0852. The minimum atomic E-state index is 0.726. The fourth-order valence-electron chi connectivity index (χ4n) is 2.22. The first-order valence-electron chi connectivity index (χ1n) is 6.43. The Labute approximate surface area is 99.8 Å². The molecule has 0 saturated carbocycles. The summed E-state index contributed by atoms with van der Waals surface area (Å²) in [6, 6.07) is 6.64. The maximum atomic E-state index is 5.39. The largest absolute Gasteiger partial charge is 0.381 e. The molecular formula is C15H24O. The quantitative estimate of drug-likeness (QED) is 0.688. The van der Waals surface area contributed by atoms with Gasteiger partial charge in [-0.15, -0.1) is 0 Å². The van der Waals surface area contributed by atoms with Gasteiger partial charge in [-0.25, -0.2) is 0 Å². The van der Waals surface area contributed by atoms with Gasteiger partial charge < -0.3 is 4.74 Å².